The molecule has 1 N–H and O–H groups in total. The molecule has 4 heteroatoms. The monoisotopic (exact) mass is 227 g/mol. The third-order valence-electron chi connectivity index (χ3n) is 3.88. The maximum absolute atomic E-state index is 12.3. The number of nitrogens with zero attached hydrogens (tertiary/aromatic N) is 1. The van der Waals surface area contributed by atoms with Crippen molar-refractivity contribution in [1.29, 1.82) is 0 Å². The van der Waals surface area contributed by atoms with E-state index in [0.717, 1.165) is 25.8 Å². The van der Waals surface area contributed by atoms with Crippen LogP contribution in [-0.4, -0.2) is 47.3 Å². The molecule has 0 spiro atoms. The van der Waals surface area contributed by atoms with E-state index in [1.165, 1.54) is 0 Å². The molecular formula is C12H21NO3. The van der Waals surface area contributed by atoms with Crippen molar-refractivity contribution in [2.24, 2.45) is 5.92 Å². The first-order valence-corrected chi connectivity index (χ1v) is 6.14. The van der Waals surface area contributed by atoms with E-state index >= 15 is 0 Å². The van der Waals surface area contributed by atoms with Gasteiger partial charge in [-0.05, 0) is 32.1 Å². The predicted molar refractivity (Wildman–Crippen MR) is 60.0 cm³/mol. The smallest absolute Gasteiger partial charge is 0.254 e. The van der Waals surface area contributed by atoms with E-state index in [1.807, 2.05) is 13.8 Å². The Labute approximate surface area is 96.6 Å². The Morgan fingerprint density at radius 1 is 1.56 bits per heavy atom. The van der Waals surface area contributed by atoms with Crippen molar-refractivity contribution in [2.45, 2.75) is 44.8 Å². The molecule has 3 unspecified atom stereocenters. The Balaban J connectivity index is 2.00. The summed E-state index contributed by atoms with van der Waals surface area (Å²) in [6.07, 6.45) is 2.24. The van der Waals surface area contributed by atoms with E-state index in [4.69, 9.17) is 4.74 Å². The van der Waals surface area contributed by atoms with E-state index in [2.05, 4.69) is 0 Å². The summed E-state index contributed by atoms with van der Waals surface area (Å²) in [4.78, 5) is 14.0. The summed E-state index contributed by atoms with van der Waals surface area (Å²) in [5, 5.41) is 9.79. The molecule has 0 aromatic carbocycles. The van der Waals surface area contributed by atoms with Crippen LogP contribution in [0.1, 0.15) is 33.1 Å². The number of rotatable bonds is 1. The van der Waals surface area contributed by atoms with Gasteiger partial charge >= 0.3 is 0 Å². The van der Waals surface area contributed by atoms with Crippen molar-refractivity contribution in [3.63, 3.8) is 0 Å². The second-order valence-corrected chi connectivity index (χ2v) is 5.27. The normalized spacial score (nSPS) is 40.1. The van der Waals surface area contributed by atoms with Crippen molar-refractivity contribution in [2.75, 3.05) is 19.7 Å². The third-order valence-corrected chi connectivity index (χ3v) is 3.88. The fourth-order valence-electron chi connectivity index (χ4n) is 2.52. The van der Waals surface area contributed by atoms with Crippen molar-refractivity contribution >= 4 is 5.91 Å². The highest BCUT2D eigenvalue weighted by molar-refractivity contribution is 5.85. The highest BCUT2D eigenvalue weighted by Gasteiger charge is 2.42. The van der Waals surface area contributed by atoms with Crippen molar-refractivity contribution < 1.29 is 14.6 Å². The van der Waals surface area contributed by atoms with Crippen LogP contribution in [0, 0.1) is 5.92 Å². The number of aliphatic hydroxyl groups is 1. The number of piperidine rings is 1. The molecule has 0 aliphatic carbocycles. The molecule has 2 rings (SSSR count). The highest BCUT2D eigenvalue weighted by atomic mass is 16.5. The molecule has 2 saturated heterocycles. The summed E-state index contributed by atoms with van der Waals surface area (Å²) in [5.41, 5.74) is -0.639. The summed E-state index contributed by atoms with van der Waals surface area (Å²) in [5.74, 6) is 0.345. The minimum Gasteiger partial charge on any atom is -0.391 e. The van der Waals surface area contributed by atoms with E-state index in [9.17, 15) is 9.90 Å². The Kier molecular flexibility index (Phi) is 3.22. The second-order valence-electron chi connectivity index (χ2n) is 5.27. The Bertz CT molecular complexity index is 273. The largest absolute Gasteiger partial charge is 0.391 e. The lowest BCUT2D eigenvalue weighted by molar-refractivity contribution is -0.155. The second kappa shape index (κ2) is 4.34. The minimum atomic E-state index is -0.639. The minimum absolute atomic E-state index is 0.0518. The average molecular weight is 227 g/mol. The number of amides is 1. The average Bonchev–Trinajstić information content (AvgIpc) is 2.70. The summed E-state index contributed by atoms with van der Waals surface area (Å²) in [7, 11) is 0. The Morgan fingerprint density at radius 3 is 2.88 bits per heavy atom. The quantitative estimate of drug-likeness (QED) is 0.720. The van der Waals surface area contributed by atoms with Gasteiger partial charge in [-0.15, -0.1) is 0 Å². The SMILES string of the molecule is CC1CCN(C(=O)C2(C)CCCO2)CC1O. The molecule has 2 heterocycles. The van der Waals surface area contributed by atoms with Crippen LogP contribution in [0.25, 0.3) is 0 Å². The lowest BCUT2D eigenvalue weighted by Crippen LogP contribution is -2.53. The molecule has 92 valence electrons. The van der Waals surface area contributed by atoms with Crippen molar-refractivity contribution in [1.82, 2.24) is 4.90 Å². The summed E-state index contributed by atoms with van der Waals surface area (Å²) in [6, 6.07) is 0. The van der Waals surface area contributed by atoms with E-state index in [0.29, 0.717) is 19.1 Å². The maximum Gasteiger partial charge on any atom is 0.254 e. The van der Waals surface area contributed by atoms with Gasteiger partial charge in [0.2, 0.25) is 0 Å². The summed E-state index contributed by atoms with van der Waals surface area (Å²) >= 11 is 0. The summed E-state index contributed by atoms with van der Waals surface area (Å²) < 4.78 is 5.54. The lowest BCUT2D eigenvalue weighted by atomic mass is 9.93. The van der Waals surface area contributed by atoms with Crippen LogP contribution in [0.3, 0.4) is 0 Å². The summed E-state index contributed by atoms with van der Waals surface area (Å²) in [6.45, 7) is 5.77. The number of carbonyl (C=O) groups is 1. The van der Waals surface area contributed by atoms with Crippen molar-refractivity contribution in [3.05, 3.63) is 0 Å². The number of carbonyl (C=O) groups excluding carboxylic acids is 1. The van der Waals surface area contributed by atoms with Crippen LogP contribution in [0.4, 0.5) is 0 Å². The van der Waals surface area contributed by atoms with Gasteiger partial charge in [-0.25, -0.2) is 0 Å². The molecule has 2 fully saturated rings. The molecule has 0 aromatic heterocycles. The van der Waals surface area contributed by atoms with Crippen LogP contribution >= 0.6 is 0 Å². The first kappa shape index (κ1) is 11.9. The molecule has 3 atom stereocenters. The van der Waals surface area contributed by atoms with Crippen LogP contribution < -0.4 is 0 Å². The van der Waals surface area contributed by atoms with Crippen LogP contribution in [0.5, 0.6) is 0 Å². The third kappa shape index (κ3) is 2.09. The molecule has 2 aliphatic heterocycles. The van der Waals surface area contributed by atoms with E-state index in [-0.39, 0.29) is 12.0 Å². The molecule has 16 heavy (non-hydrogen) atoms. The van der Waals surface area contributed by atoms with E-state index < -0.39 is 5.60 Å². The first-order valence-electron chi connectivity index (χ1n) is 6.14. The Morgan fingerprint density at radius 2 is 2.31 bits per heavy atom. The molecule has 0 aromatic rings. The van der Waals surface area contributed by atoms with Crippen molar-refractivity contribution in [3.8, 4) is 0 Å². The Hall–Kier alpha value is -0.610. The molecular weight excluding hydrogens is 206 g/mol. The zero-order valence-corrected chi connectivity index (χ0v) is 10.1. The van der Waals surface area contributed by atoms with Gasteiger partial charge in [0, 0.05) is 19.7 Å². The van der Waals surface area contributed by atoms with Gasteiger partial charge in [-0.3, -0.25) is 4.79 Å². The van der Waals surface area contributed by atoms with Crippen LogP contribution in [0.15, 0.2) is 0 Å². The fraction of sp³-hybridized carbons (Fsp3) is 0.917. The van der Waals surface area contributed by atoms with Gasteiger partial charge in [-0.1, -0.05) is 6.92 Å². The molecule has 4 nitrogen and oxygen atoms in total. The molecule has 2 aliphatic rings. The standard InChI is InChI=1S/C12H21NO3/c1-9-4-6-13(8-10(9)14)11(15)12(2)5-3-7-16-12/h9-10,14H,3-8H2,1-2H3. The van der Waals surface area contributed by atoms with Gasteiger partial charge in [0.05, 0.1) is 6.10 Å². The number of hydrogen-bond donors (Lipinski definition) is 1. The van der Waals surface area contributed by atoms with Gasteiger partial charge in [-0.2, -0.15) is 0 Å². The van der Waals surface area contributed by atoms with Gasteiger partial charge in [0.1, 0.15) is 5.60 Å². The number of likely N-dealkylation sites (tertiary alicyclic amines) is 1. The number of aliphatic hydroxyl groups excluding tert-OH is 1. The lowest BCUT2D eigenvalue weighted by Gasteiger charge is -2.38. The maximum atomic E-state index is 12.3. The zero-order chi connectivity index (χ0) is 11.8. The first-order chi connectivity index (χ1) is 7.53. The van der Waals surface area contributed by atoms with Gasteiger partial charge in [0.15, 0.2) is 0 Å². The number of hydrogen-bond acceptors (Lipinski definition) is 3. The topological polar surface area (TPSA) is 49.8 Å². The molecule has 0 bridgehead atoms. The zero-order valence-electron chi connectivity index (χ0n) is 10.1. The molecule has 0 saturated carbocycles. The highest BCUT2D eigenvalue weighted by Crippen LogP contribution is 2.29. The van der Waals surface area contributed by atoms with Gasteiger partial charge < -0.3 is 14.7 Å². The molecule has 1 amide bonds. The number of β-amino-alcohol motifs (C(OH)–C–C–N with tert-alkyl or cyclic N) is 1. The number of ether oxygens (including phenoxy) is 1. The predicted octanol–water partition coefficient (Wildman–Crippen LogP) is 0.785. The molecule has 0 radical (unpaired) electrons. The fourth-order valence-corrected chi connectivity index (χ4v) is 2.52. The van der Waals surface area contributed by atoms with Crippen LogP contribution in [0.2, 0.25) is 0 Å². The van der Waals surface area contributed by atoms with Gasteiger partial charge in [0.25, 0.3) is 5.91 Å². The van der Waals surface area contributed by atoms with Crippen LogP contribution in [-0.2, 0) is 9.53 Å². The van der Waals surface area contributed by atoms with E-state index in [1.54, 1.807) is 4.90 Å².